The number of aromatic nitrogens is 2. The van der Waals surface area contributed by atoms with Gasteiger partial charge in [0.1, 0.15) is 11.4 Å². The van der Waals surface area contributed by atoms with Gasteiger partial charge in [0.05, 0.1) is 13.2 Å². The molecule has 0 saturated heterocycles. The molecule has 5 nitrogen and oxygen atoms in total. The Morgan fingerprint density at radius 1 is 1.10 bits per heavy atom. The van der Waals surface area contributed by atoms with Gasteiger partial charge in [-0.05, 0) is 17.7 Å². The number of hydrogen-bond donors (Lipinski definition) is 1. The van der Waals surface area contributed by atoms with Crippen LogP contribution in [0.3, 0.4) is 0 Å². The van der Waals surface area contributed by atoms with Gasteiger partial charge in [0.2, 0.25) is 5.88 Å². The Kier molecular flexibility index (Phi) is 4.41. The number of ether oxygens (including phenoxy) is 2. The Bertz CT molecular complexity index is 564. The van der Waals surface area contributed by atoms with E-state index in [9.17, 15) is 8.78 Å². The van der Waals surface area contributed by atoms with E-state index in [1.54, 1.807) is 12.1 Å². The maximum atomic E-state index is 12.1. The molecule has 7 heteroatoms. The van der Waals surface area contributed by atoms with E-state index in [1.807, 2.05) is 0 Å². The van der Waals surface area contributed by atoms with Gasteiger partial charge >= 0.3 is 6.61 Å². The fourth-order valence-electron chi connectivity index (χ4n) is 1.72. The fourth-order valence-corrected chi connectivity index (χ4v) is 1.72. The maximum Gasteiger partial charge on any atom is 0.387 e. The Hall–Kier alpha value is -2.28. The number of nitrogens with zero attached hydrogens (tertiary/aromatic N) is 2. The monoisotopic (exact) mass is 281 g/mol. The third kappa shape index (κ3) is 3.18. The largest absolute Gasteiger partial charge is 0.480 e. The third-order valence-electron chi connectivity index (χ3n) is 2.64. The normalized spacial score (nSPS) is 12.2. The molecule has 106 valence electrons. The molecule has 2 aromatic rings. The molecule has 0 aliphatic heterocycles. The summed E-state index contributed by atoms with van der Waals surface area (Å²) in [5, 5.41) is 0. The van der Waals surface area contributed by atoms with Crippen molar-refractivity contribution in [1.82, 2.24) is 9.97 Å². The summed E-state index contributed by atoms with van der Waals surface area (Å²) in [6.45, 7) is -2.85. The van der Waals surface area contributed by atoms with Gasteiger partial charge < -0.3 is 15.2 Å². The molecule has 0 aliphatic carbocycles. The summed E-state index contributed by atoms with van der Waals surface area (Å²) in [4.78, 5) is 8.14. The Balaban J connectivity index is 2.22. The predicted molar refractivity (Wildman–Crippen MR) is 67.7 cm³/mol. The lowest BCUT2D eigenvalue weighted by atomic mass is 10.0. The predicted octanol–water partition coefficient (Wildman–Crippen LogP) is 2.13. The molecule has 0 saturated carbocycles. The van der Waals surface area contributed by atoms with E-state index in [-0.39, 0.29) is 5.75 Å². The first-order valence-electron chi connectivity index (χ1n) is 5.77. The maximum absolute atomic E-state index is 12.1. The van der Waals surface area contributed by atoms with E-state index in [4.69, 9.17) is 10.5 Å². The van der Waals surface area contributed by atoms with Gasteiger partial charge in [0.25, 0.3) is 0 Å². The van der Waals surface area contributed by atoms with Crippen LogP contribution < -0.4 is 15.2 Å². The number of benzene rings is 1. The van der Waals surface area contributed by atoms with Crippen LogP contribution in [0.15, 0.2) is 36.7 Å². The summed E-state index contributed by atoms with van der Waals surface area (Å²) >= 11 is 0. The van der Waals surface area contributed by atoms with Crippen molar-refractivity contribution in [2.45, 2.75) is 12.7 Å². The molecule has 2 rings (SSSR count). The lowest BCUT2D eigenvalue weighted by Gasteiger charge is -2.14. The van der Waals surface area contributed by atoms with Crippen molar-refractivity contribution in [2.75, 3.05) is 7.11 Å². The smallest absolute Gasteiger partial charge is 0.387 e. The van der Waals surface area contributed by atoms with Crippen molar-refractivity contribution < 1.29 is 18.3 Å². The topological polar surface area (TPSA) is 70.3 Å². The van der Waals surface area contributed by atoms with Gasteiger partial charge in [-0.25, -0.2) is 4.98 Å². The van der Waals surface area contributed by atoms with Crippen LogP contribution in [0.1, 0.15) is 17.3 Å². The molecule has 2 N–H and O–H groups in total. The van der Waals surface area contributed by atoms with E-state index < -0.39 is 12.7 Å². The summed E-state index contributed by atoms with van der Waals surface area (Å²) in [5.41, 5.74) is 7.23. The first-order valence-corrected chi connectivity index (χ1v) is 5.77. The molecule has 1 aromatic carbocycles. The van der Waals surface area contributed by atoms with Crippen LogP contribution >= 0.6 is 0 Å². The highest BCUT2D eigenvalue weighted by molar-refractivity contribution is 5.35. The third-order valence-corrected chi connectivity index (χ3v) is 2.64. The molecule has 0 aliphatic rings. The van der Waals surface area contributed by atoms with Crippen LogP contribution in [0, 0.1) is 0 Å². The summed E-state index contributed by atoms with van der Waals surface area (Å²) in [6.07, 6.45) is 3.00. The van der Waals surface area contributed by atoms with Crippen molar-refractivity contribution in [3.8, 4) is 11.6 Å². The zero-order valence-corrected chi connectivity index (χ0v) is 10.7. The number of halogens is 2. The number of methoxy groups -OCH3 is 1. The van der Waals surface area contributed by atoms with Crippen molar-refractivity contribution in [2.24, 2.45) is 5.73 Å². The Morgan fingerprint density at radius 3 is 2.35 bits per heavy atom. The van der Waals surface area contributed by atoms with E-state index in [0.717, 1.165) is 0 Å². The van der Waals surface area contributed by atoms with Crippen molar-refractivity contribution in [3.05, 3.63) is 47.9 Å². The highest BCUT2D eigenvalue weighted by Gasteiger charge is 2.16. The fraction of sp³-hybridized carbons (Fsp3) is 0.231. The number of alkyl halides is 2. The molecule has 1 unspecified atom stereocenters. The van der Waals surface area contributed by atoms with Crippen molar-refractivity contribution in [1.29, 1.82) is 0 Å². The number of rotatable bonds is 5. The van der Waals surface area contributed by atoms with E-state index >= 15 is 0 Å². The standard InChI is InChI=1S/C13H13F2N3O2/c1-19-12-11(17-6-7-18-12)10(16)8-2-4-9(5-3-8)20-13(14)15/h2-7,10,13H,16H2,1H3. The van der Waals surface area contributed by atoms with Gasteiger partial charge in [0, 0.05) is 12.4 Å². The first kappa shape index (κ1) is 14.1. The molecule has 0 radical (unpaired) electrons. The summed E-state index contributed by atoms with van der Waals surface area (Å²) in [6, 6.07) is 5.46. The minimum absolute atomic E-state index is 0.0714. The average Bonchev–Trinajstić information content (AvgIpc) is 2.46. The summed E-state index contributed by atoms with van der Waals surface area (Å²) < 4.78 is 33.5. The van der Waals surface area contributed by atoms with Crippen LogP contribution in [-0.2, 0) is 0 Å². The second-order valence-corrected chi connectivity index (χ2v) is 3.88. The SMILES string of the molecule is COc1nccnc1C(N)c1ccc(OC(F)F)cc1. The van der Waals surface area contributed by atoms with Gasteiger partial charge in [-0.1, -0.05) is 12.1 Å². The lowest BCUT2D eigenvalue weighted by Crippen LogP contribution is -2.15. The molecular weight excluding hydrogens is 268 g/mol. The summed E-state index contributed by atoms with van der Waals surface area (Å²) in [7, 11) is 1.47. The van der Waals surface area contributed by atoms with Gasteiger partial charge in [-0.3, -0.25) is 4.98 Å². The zero-order valence-electron chi connectivity index (χ0n) is 10.7. The van der Waals surface area contributed by atoms with Crippen molar-refractivity contribution >= 4 is 0 Å². The first-order chi connectivity index (χ1) is 9.61. The van der Waals surface area contributed by atoms with Crippen LogP contribution in [0.25, 0.3) is 0 Å². The number of nitrogens with two attached hydrogens (primary N) is 1. The summed E-state index contributed by atoms with van der Waals surface area (Å²) in [5.74, 6) is 0.398. The molecule has 0 bridgehead atoms. The quantitative estimate of drug-likeness (QED) is 0.909. The molecule has 1 heterocycles. The molecule has 1 aromatic heterocycles. The molecule has 20 heavy (non-hydrogen) atoms. The van der Waals surface area contributed by atoms with Crippen molar-refractivity contribution in [3.63, 3.8) is 0 Å². The Morgan fingerprint density at radius 2 is 1.75 bits per heavy atom. The van der Waals surface area contributed by atoms with Gasteiger partial charge in [-0.2, -0.15) is 8.78 Å². The highest BCUT2D eigenvalue weighted by Crippen LogP contribution is 2.25. The lowest BCUT2D eigenvalue weighted by molar-refractivity contribution is -0.0498. The van der Waals surface area contributed by atoms with E-state index in [1.165, 1.54) is 31.6 Å². The van der Waals surface area contributed by atoms with Crippen LogP contribution in [0.5, 0.6) is 11.6 Å². The zero-order chi connectivity index (χ0) is 14.5. The van der Waals surface area contributed by atoms with E-state index in [2.05, 4.69) is 14.7 Å². The van der Waals surface area contributed by atoms with Crippen LogP contribution in [0.4, 0.5) is 8.78 Å². The second kappa shape index (κ2) is 6.25. The minimum atomic E-state index is -2.85. The molecular formula is C13H13F2N3O2. The van der Waals surface area contributed by atoms with Gasteiger partial charge in [-0.15, -0.1) is 0 Å². The molecule has 0 fully saturated rings. The van der Waals surface area contributed by atoms with Crippen LogP contribution in [0.2, 0.25) is 0 Å². The minimum Gasteiger partial charge on any atom is -0.480 e. The highest BCUT2D eigenvalue weighted by atomic mass is 19.3. The average molecular weight is 281 g/mol. The van der Waals surface area contributed by atoms with Gasteiger partial charge in [0.15, 0.2) is 0 Å². The Labute approximate surface area is 114 Å². The van der Waals surface area contributed by atoms with Crippen LogP contribution in [-0.4, -0.2) is 23.7 Å². The molecule has 0 amide bonds. The number of hydrogen-bond acceptors (Lipinski definition) is 5. The van der Waals surface area contributed by atoms with E-state index in [0.29, 0.717) is 17.1 Å². The molecule has 0 spiro atoms. The second-order valence-electron chi connectivity index (χ2n) is 3.88. The molecule has 1 atom stereocenters.